The monoisotopic (exact) mass is 151 g/mol. The molecule has 1 saturated heterocycles. The first-order chi connectivity index (χ1) is 4.56. The summed E-state index contributed by atoms with van der Waals surface area (Å²) in [5.41, 5.74) is -0.0440. The van der Waals surface area contributed by atoms with Gasteiger partial charge in [0.1, 0.15) is 0 Å². The van der Waals surface area contributed by atoms with Crippen LogP contribution in [-0.2, 0) is 0 Å². The quantitative estimate of drug-likeness (QED) is 0.437. The van der Waals surface area contributed by atoms with Gasteiger partial charge in [-0.2, -0.15) is 0 Å². The number of alkyl halides is 2. The minimum atomic E-state index is -3.16. The molecule has 10 heavy (non-hydrogen) atoms. The van der Waals surface area contributed by atoms with Crippen LogP contribution in [0.2, 0.25) is 0 Å². The molecule has 3 nitrogen and oxygen atoms in total. The molecule has 0 bridgehead atoms. The minimum Gasteiger partial charge on any atom is -0.514 e. The first kappa shape index (κ1) is 7.27. The van der Waals surface area contributed by atoms with E-state index in [2.05, 4.69) is 0 Å². The van der Waals surface area contributed by atoms with Crippen LogP contribution in [0.3, 0.4) is 0 Å². The zero-order valence-corrected chi connectivity index (χ0v) is 5.01. The second kappa shape index (κ2) is 2.09. The highest BCUT2D eigenvalue weighted by Gasteiger charge is 2.45. The first-order valence-electron chi connectivity index (χ1n) is 2.72. The van der Waals surface area contributed by atoms with Gasteiger partial charge >= 0.3 is 0 Å². The molecule has 0 radical (unpaired) electrons. The zero-order valence-electron chi connectivity index (χ0n) is 5.01. The molecule has 0 aromatic carbocycles. The number of rotatable bonds is 0. The highest BCUT2D eigenvalue weighted by atomic mass is 19.3. The van der Waals surface area contributed by atoms with Crippen LogP contribution in [0.4, 0.5) is 8.78 Å². The summed E-state index contributed by atoms with van der Waals surface area (Å²) >= 11 is 0. The molecule has 1 aliphatic heterocycles. The number of aliphatic hydroxyl groups excluding tert-OH is 2. The lowest BCUT2D eigenvalue weighted by atomic mass is 10.2. The fourth-order valence-electron chi connectivity index (χ4n) is 0.766. The predicted octanol–water partition coefficient (Wildman–Crippen LogP) is 0.333. The fourth-order valence-corrected chi connectivity index (χ4v) is 0.766. The van der Waals surface area contributed by atoms with E-state index in [1.54, 1.807) is 0 Å². The summed E-state index contributed by atoms with van der Waals surface area (Å²) in [4.78, 5) is 0. The Labute approximate surface area is 56.0 Å². The maximum Gasteiger partial charge on any atom is 0.297 e. The average Bonchev–Trinajstić information content (AvgIpc) is 2.08. The number of nitrogens with one attached hydrogen (secondary N) is 1. The van der Waals surface area contributed by atoms with E-state index in [0.717, 1.165) is 0 Å². The molecule has 1 fully saturated rings. The van der Waals surface area contributed by atoms with Crippen LogP contribution in [0.25, 0.3) is 0 Å². The van der Waals surface area contributed by atoms with Crippen LogP contribution in [0.5, 0.6) is 0 Å². The number of aliphatic hydroxyl groups is 2. The van der Waals surface area contributed by atoms with Gasteiger partial charge in [-0.3, -0.25) is 0 Å². The summed E-state index contributed by atoms with van der Waals surface area (Å²) in [6.45, 7) is 0. The topological polar surface area (TPSA) is 52.5 Å². The molecule has 0 aliphatic carbocycles. The molecule has 0 saturated carbocycles. The summed E-state index contributed by atoms with van der Waals surface area (Å²) in [5.74, 6) is -3.16. The van der Waals surface area contributed by atoms with E-state index in [1.165, 1.54) is 0 Å². The number of hydrogen-bond donors (Lipinski definition) is 3. The van der Waals surface area contributed by atoms with Gasteiger partial charge < -0.3 is 15.5 Å². The van der Waals surface area contributed by atoms with Crippen molar-refractivity contribution in [3.63, 3.8) is 0 Å². The van der Waals surface area contributed by atoms with E-state index in [-0.39, 0.29) is 5.70 Å². The molecule has 5 heteroatoms. The fraction of sp³-hybridized carbons (Fsp3) is 0.600. The lowest BCUT2D eigenvalue weighted by Crippen LogP contribution is -2.34. The van der Waals surface area contributed by atoms with E-state index in [4.69, 9.17) is 10.2 Å². The maximum atomic E-state index is 12.3. The van der Waals surface area contributed by atoms with Crippen molar-refractivity contribution in [2.24, 2.45) is 0 Å². The molecule has 1 unspecified atom stereocenters. The lowest BCUT2D eigenvalue weighted by Gasteiger charge is -2.10. The molecular formula is C5H7F2NO2. The highest BCUT2D eigenvalue weighted by Crippen LogP contribution is 2.31. The molecule has 1 rings (SSSR count). The SMILES string of the molecule is O/C=C1\CC(F)(F)C(O)N1. The van der Waals surface area contributed by atoms with Crippen molar-refractivity contribution in [2.45, 2.75) is 18.6 Å². The Balaban J connectivity index is 2.71. The van der Waals surface area contributed by atoms with Gasteiger partial charge in [-0.05, 0) is 0 Å². The van der Waals surface area contributed by atoms with Crippen LogP contribution < -0.4 is 5.32 Å². The molecule has 3 N–H and O–H groups in total. The number of halogens is 2. The van der Waals surface area contributed by atoms with E-state index >= 15 is 0 Å². The van der Waals surface area contributed by atoms with Crippen LogP contribution in [-0.4, -0.2) is 22.4 Å². The van der Waals surface area contributed by atoms with Gasteiger partial charge in [-0.25, -0.2) is 8.78 Å². The van der Waals surface area contributed by atoms with Crippen molar-refractivity contribution in [3.8, 4) is 0 Å². The van der Waals surface area contributed by atoms with Gasteiger partial charge in [0.25, 0.3) is 5.92 Å². The van der Waals surface area contributed by atoms with Crippen LogP contribution >= 0.6 is 0 Å². The third-order valence-electron chi connectivity index (χ3n) is 1.30. The Bertz CT molecular complexity index is 169. The molecule has 0 aromatic rings. The smallest absolute Gasteiger partial charge is 0.297 e. The summed E-state index contributed by atoms with van der Waals surface area (Å²) < 4.78 is 24.6. The molecule has 1 aliphatic rings. The van der Waals surface area contributed by atoms with Gasteiger partial charge in [0.2, 0.25) is 0 Å². The Hall–Kier alpha value is -0.840. The predicted molar refractivity (Wildman–Crippen MR) is 29.4 cm³/mol. The van der Waals surface area contributed by atoms with Crippen molar-refractivity contribution in [3.05, 3.63) is 12.0 Å². The largest absolute Gasteiger partial charge is 0.514 e. The van der Waals surface area contributed by atoms with Crippen molar-refractivity contribution >= 4 is 0 Å². The van der Waals surface area contributed by atoms with Crippen LogP contribution in [0, 0.1) is 0 Å². The van der Waals surface area contributed by atoms with Crippen LogP contribution in [0.1, 0.15) is 6.42 Å². The Morgan fingerprint density at radius 3 is 2.50 bits per heavy atom. The van der Waals surface area contributed by atoms with Gasteiger partial charge in [-0.15, -0.1) is 0 Å². The molecule has 1 heterocycles. The summed E-state index contributed by atoms with van der Waals surface area (Å²) in [6, 6.07) is 0. The standard InChI is InChI=1S/C5H7F2NO2/c6-5(7)1-3(2-9)8-4(5)10/h2,4,8-10H,1H2/b3-2+. The normalized spacial score (nSPS) is 34.3. The molecule has 0 amide bonds. The Kier molecular flexibility index (Phi) is 1.52. The summed E-state index contributed by atoms with van der Waals surface area (Å²) in [7, 11) is 0. The highest BCUT2D eigenvalue weighted by molar-refractivity contribution is 5.08. The van der Waals surface area contributed by atoms with E-state index in [0.29, 0.717) is 6.26 Å². The molecule has 0 spiro atoms. The summed E-state index contributed by atoms with van der Waals surface area (Å²) in [6.07, 6.45) is -1.97. The van der Waals surface area contributed by atoms with Crippen molar-refractivity contribution in [1.29, 1.82) is 0 Å². The Morgan fingerprint density at radius 1 is 1.70 bits per heavy atom. The minimum absolute atomic E-state index is 0.0440. The molecule has 0 aromatic heterocycles. The van der Waals surface area contributed by atoms with E-state index in [1.807, 2.05) is 5.32 Å². The van der Waals surface area contributed by atoms with E-state index in [9.17, 15) is 8.78 Å². The second-order valence-corrected chi connectivity index (χ2v) is 2.14. The summed E-state index contributed by atoms with van der Waals surface area (Å²) in [5, 5.41) is 18.8. The van der Waals surface area contributed by atoms with Gasteiger partial charge in [0, 0.05) is 0 Å². The third-order valence-corrected chi connectivity index (χ3v) is 1.30. The van der Waals surface area contributed by atoms with Crippen molar-refractivity contribution < 1.29 is 19.0 Å². The van der Waals surface area contributed by atoms with E-state index < -0.39 is 18.6 Å². The molecule has 58 valence electrons. The van der Waals surface area contributed by atoms with Gasteiger partial charge in [0.15, 0.2) is 6.23 Å². The third kappa shape index (κ3) is 1.04. The number of allylic oxidation sites excluding steroid dienone is 1. The molecule has 1 atom stereocenters. The van der Waals surface area contributed by atoms with Gasteiger partial charge in [-0.1, -0.05) is 0 Å². The van der Waals surface area contributed by atoms with Crippen molar-refractivity contribution in [1.82, 2.24) is 5.32 Å². The van der Waals surface area contributed by atoms with Gasteiger partial charge in [0.05, 0.1) is 18.4 Å². The second-order valence-electron chi connectivity index (χ2n) is 2.14. The van der Waals surface area contributed by atoms with Crippen LogP contribution in [0.15, 0.2) is 12.0 Å². The van der Waals surface area contributed by atoms with Crippen molar-refractivity contribution in [2.75, 3.05) is 0 Å². The zero-order chi connectivity index (χ0) is 7.78. The maximum absolute atomic E-state index is 12.3. The number of hydrogen-bond acceptors (Lipinski definition) is 3. The Morgan fingerprint density at radius 2 is 2.30 bits per heavy atom. The first-order valence-corrected chi connectivity index (χ1v) is 2.72. The lowest BCUT2D eigenvalue weighted by molar-refractivity contribution is -0.0923. The average molecular weight is 151 g/mol. The molecular weight excluding hydrogens is 144 g/mol.